The summed E-state index contributed by atoms with van der Waals surface area (Å²) in [6, 6.07) is 0. The highest BCUT2D eigenvalue weighted by Crippen LogP contribution is 2.62. The zero-order valence-corrected chi connectivity index (χ0v) is 14.2. The molecule has 0 aromatic rings. The van der Waals surface area contributed by atoms with Crippen molar-refractivity contribution in [2.75, 3.05) is 0 Å². The van der Waals surface area contributed by atoms with E-state index in [2.05, 4.69) is 20.8 Å². The molecular weight excluding hydrogens is 256 g/mol. The molecule has 0 saturated heterocycles. The molecule has 4 saturated carbocycles. The number of carbonyl (C=O) groups is 1. The Balaban J connectivity index is 1.57. The maximum atomic E-state index is 12.4. The maximum absolute atomic E-state index is 12.4. The van der Waals surface area contributed by atoms with E-state index in [1.807, 2.05) is 0 Å². The molecule has 0 amide bonds. The monoisotopic (exact) mass is 288 g/mol. The lowest BCUT2D eigenvalue weighted by Gasteiger charge is -2.56. The van der Waals surface area contributed by atoms with Crippen molar-refractivity contribution in [2.24, 2.45) is 40.4 Å². The van der Waals surface area contributed by atoms with E-state index in [0.29, 0.717) is 11.2 Å². The van der Waals surface area contributed by atoms with Gasteiger partial charge in [-0.1, -0.05) is 20.8 Å². The predicted octanol–water partition coefficient (Wildman–Crippen LogP) is 5.23. The van der Waals surface area contributed by atoms with Crippen LogP contribution in [-0.2, 0) is 4.79 Å². The van der Waals surface area contributed by atoms with Gasteiger partial charge in [-0.25, -0.2) is 0 Å². The molecule has 118 valence electrons. The molecule has 6 atom stereocenters. The van der Waals surface area contributed by atoms with Gasteiger partial charge in [-0.15, -0.1) is 0 Å². The van der Waals surface area contributed by atoms with E-state index in [1.165, 1.54) is 51.4 Å². The van der Waals surface area contributed by atoms with Gasteiger partial charge >= 0.3 is 0 Å². The molecule has 0 aromatic heterocycles. The van der Waals surface area contributed by atoms with Gasteiger partial charge in [0, 0.05) is 11.8 Å². The standard InChI is InChI=1S/C20H32O/c1-19(2)10-8-14-13(12-19)4-5-16-15(14)9-11-20(3)17(16)6-7-18(20)21/h13-17H,4-12H2,1-3H3/t13-,14+,15-,16-,17+,20+/m1/s1. The zero-order valence-electron chi connectivity index (χ0n) is 14.2. The molecule has 0 N–H and O–H groups in total. The summed E-state index contributed by atoms with van der Waals surface area (Å²) in [7, 11) is 0. The van der Waals surface area contributed by atoms with Crippen LogP contribution < -0.4 is 0 Å². The summed E-state index contributed by atoms with van der Waals surface area (Å²) >= 11 is 0. The maximum Gasteiger partial charge on any atom is 0.139 e. The van der Waals surface area contributed by atoms with Crippen LogP contribution in [0.1, 0.15) is 78.6 Å². The smallest absolute Gasteiger partial charge is 0.139 e. The first-order valence-electron chi connectivity index (χ1n) is 9.44. The van der Waals surface area contributed by atoms with Crippen molar-refractivity contribution in [3.05, 3.63) is 0 Å². The summed E-state index contributed by atoms with van der Waals surface area (Å²) < 4.78 is 0. The normalized spacial score (nSPS) is 52.0. The molecule has 1 nitrogen and oxygen atoms in total. The van der Waals surface area contributed by atoms with Crippen molar-refractivity contribution in [3.63, 3.8) is 0 Å². The Bertz CT molecular complexity index is 451. The molecule has 0 aromatic carbocycles. The van der Waals surface area contributed by atoms with E-state index in [0.717, 1.165) is 36.0 Å². The zero-order chi connectivity index (χ0) is 14.8. The molecular formula is C20H32O. The second-order valence-corrected chi connectivity index (χ2v) is 9.76. The number of hydrogen-bond acceptors (Lipinski definition) is 1. The molecule has 4 aliphatic rings. The van der Waals surface area contributed by atoms with Gasteiger partial charge in [0.15, 0.2) is 0 Å². The fraction of sp³-hybridized carbons (Fsp3) is 0.950. The number of carbonyl (C=O) groups excluding carboxylic acids is 1. The van der Waals surface area contributed by atoms with Crippen molar-refractivity contribution in [1.29, 1.82) is 0 Å². The number of Topliss-reactive ketones (excluding diaryl/α,β-unsaturated/α-hetero) is 1. The van der Waals surface area contributed by atoms with Crippen LogP contribution in [0, 0.1) is 40.4 Å². The third-order valence-corrected chi connectivity index (χ3v) is 8.20. The SMILES string of the molecule is CC1(C)CC[C@H]2[C@H](CC[C@@H]3[C@@H]2CC[C@]2(C)C(=O)CC[C@@H]32)C1. The van der Waals surface area contributed by atoms with Crippen molar-refractivity contribution in [1.82, 2.24) is 0 Å². The van der Waals surface area contributed by atoms with Gasteiger partial charge in [-0.3, -0.25) is 4.79 Å². The highest BCUT2D eigenvalue weighted by Gasteiger charge is 2.57. The average Bonchev–Trinajstić information content (AvgIpc) is 2.73. The van der Waals surface area contributed by atoms with E-state index in [-0.39, 0.29) is 5.41 Å². The molecule has 4 fully saturated rings. The Morgan fingerprint density at radius 1 is 0.857 bits per heavy atom. The molecule has 0 radical (unpaired) electrons. The number of rotatable bonds is 0. The lowest BCUT2D eigenvalue weighted by atomic mass is 9.49. The highest BCUT2D eigenvalue weighted by atomic mass is 16.1. The summed E-state index contributed by atoms with van der Waals surface area (Å²) in [5, 5.41) is 0. The Kier molecular flexibility index (Phi) is 3.12. The van der Waals surface area contributed by atoms with Crippen molar-refractivity contribution in [3.8, 4) is 0 Å². The Labute approximate surface area is 130 Å². The van der Waals surface area contributed by atoms with Gasteiger partial charge in [0.2, 0.25) is 0 Å². The van der Waals surface area contributed by atoms with Gasteiger partial charge in [-0.2, -0.15) is 0 Å². The second kappa shape index (κ2) is 4.59. The summed E-state index contributed by atoms with van der Waals surface area (Å²) in [5.41, 5.74) is 0.655. The average molecular weight is 288 g/mol. The van der Waals surface area contributed by atoms with Crippen LogP contribution in [0.15, 0.2) is 0 Å². The molecule has 0 bridgehead atoms. The highest BCUT2D eigenvalue weighted by molar-refractivity contribution is 5.87. The largest absolute Gasteiger partial charge is 0.299 e. The number of hydrogen-bond donors (Lipinski definition) is 0. The van der Waals surface area contributed by atoms with Gasteiger partial charge in [0.1, 0.15) is 5.78 Å². The Morgan fingerprint density at radius 2 is 1.62 bits per heavy atom. The van der Waals surface area contributed by atoms with Crippen LogP contribution >= 0.6 is 0 Å². The van der Waals surface area contributed by atoms with E-state index >= 15 is 0 Å². The van der Waals surface area contributed by atoms with E-state index in [9.17, 15) is 4.79 Å². The second-order valence-electron chi connectivity index (χ2n) is 9.76. The van der Waals surface area contributed by atoms with Crippen LogP contribution in [0.25, 0.3) is 0 Å². The van der Waals surface area contributed by atoms with Crippen molar-refractivity contribution >= 4 is 5.78 Å². The molecule has 21 heavy (non-hydrogen) atoms. The first kappa shape index (κ1) is 14.3. The molecule has 4 rings (SSSR count). The lowest BCUT2D eigenvalue weighted by molar-refractivity contribution is -0.133. The topological polar surface area (TPSA) is 17.1 Å². The molecule has 1 heteroatoms. The van der Waals surface area contributed by atoms with Gasteiger partial charge in [0.05, 0.1) is 0 Å². The van der Waals surface area contributed by atoms with Crippen LogP contribution in [0.3, 0.4) is 0 Å². The third-order valence-electron chi connectivity index (χ3n) is 8.20. The summed E-state index contributed by atoms with van der Waals surface area (Å²) in [6.07, 6.45) is 11.9. The summed E-state index contributed by atoms with van der Waals surface area (Å²) in [5.74, 6) is 5.17. The van der Waals surface area contributed by atoms with Crippen LogP contribution in [0.4, 0.5) is 0 Å². The van der Waals surface area contributed by atoms with Crippen molar-refractivity contribution < 1.29 is 4.79 Å². The van der Waals surface area contributed by atoms with E-state index in [4.69, 9.17) is 0 Å². The third kappa shape index (κ3) is 2.05. The Morgan fingerprint density at radius 3 is 2.43 bits per heavy atom. The van der Waals surface area contributed by atoms with Crippen LogP contribution in [0.2, 0.25) is 0 Å². The van der Waals surface area contributed by atoms with Gasteiger partial charge in [0.25, 0.3) is 0 Å². The van der Waals surface area contributed by atoms with Crippen LogP contribution in [-0.4, -0.2) is 5.78 Å². The molecule has 0 heterocycles. The number of fused-ring (bicyclic) bond motifs is 5. The fourth-order valence-corrected chi connectivity index (χ4v) is 7.08. The molecule has 0 aliphatic heterocycles. The fourth-order valence-electron chi connectivity index (χ4n) is 7.08. The summed E-state index contributed by atoms with van der Waals surface area (Å²) in [4.78, 5) is 12.4. The van der Waals surface area contributed by atoms with E-state index in [1.54, 1.807) is 0 Å². The molecule has 4 aliphatic carbocycles. The first-order valence-corrected chi connectivity index (χ1v) is 9.44. The molecule has 0 spiro atoms. The van der Waals surface area contributed by atoms with Crippen molar-refractivity contribution in [2.45, 2.75) is 78.6 Å². The first-order chi connectivity index (χ1) is 9.91. The molecule has 0 unspecified atom stereocenters. The van der Waals surface area contributed by atoms with E-state index < -0.39 is 0 Å². The minimum Gasteiger partial charge on any atom is -0.299 e. The quantitative estimate of drug-likeness (QED) is 0.596. The van der Waals surface area contributed by atoms with Gasteiger partial charge < -0.3 is 0 Å². The lowest BCUT2D eigenvalue weighted by Crippen LogP contribution is -2.49. The number of ketones is 1. The minimum absolute atomic E-state index is 0.0714. The Hall–Kier alpha value is -0.330. The predicted molar refractivity (Wildman–Crippen MR) is 85.9 cm³/mol. The van der Waals surface area contributed by atoms with Crippen LogP contribution in [0.5, 0.6) is 0 Å². The van der Waals surface area contributed by atoms with Gasteiger partial charge in [-0.05, 0) is 86.4 Å². The minimum atomic E-state index is 0.0714. The summed E-state index contributed by atoms with van der Waals surface area (Å²) in [6.45, 7) is 7.26.